The Hall–Kier alpha value is -1.45. The molecule has 0 spiro atoms. The molecule has 0 heterocycles. The highest BCUT2D eigenvalue weighted by Crippen LogP contribution is 2.59. The summed E-state index contributed by atoms with van der Waals surface area (Å²) >= 11 is 0. The third-order valence-corrected chi connectivity index (χ3v) is 6.71. The van der Waals surface area contributed by atoms with Crippen molar-refractivity contribution >= 4 is 7.60 Å². The van der Waals surface area contributed by atoms with Crippen LogP contribution in [0.4, 0.5) is 0 Å². The molecule has 2 rings (SSSR count). The van der Waals surface area contributed by atoms with E-state index in [1.807, 2.05) is 36.4 Å². The molecule has 0 saturated carbocycles. The van der Waals surface area contributed by atoms with Gasteiger partial charge < -0.3 is 14.8 Å². The Morgan fingerprint density at radius 1 is 0.917 bits per heavy atom. The topological polar surface area (TPSA) is 61.5 Å². The molecule has 0 fully saturated rings. The van der Waals surface area contributed by atoms with Crippen molar-refractivity contribution in [1.82, 2.24) is 0 Å². The van der Waals surface area contributed by atoms with Crippen LogP contribution in [0.5, 0.6) is 0 Å². The van der Waals surface area contributed by atoms with E-state index in [4.69, 9.17) is 14.8 Å². The van der Waals surface area contributed by atoms with Crippen molar-refractivity contribution in [3.8, 4) is 0 Å². The second-order valence-corrected chi connectivity index (χ2v) is 8.18. The number of benzene rings is 2. The van der Waals surface area contributed by atoms with Crippen molar-refractivity contribution in [3.63, 3.8) is 0 Å². The summed E-state index contributed by atoms with van der Waals surface area (Å²) < 4.78 is 24.0. The van der Waals surface area contributed by atoms with Gasteiger partial charge in [-0.2, -0.15) is 0 Å². The van der Waals surface area contributed by atoms with Gasteiger partial charge in [0.15, 0.2) is 0 Å². The number of nitrogens with two attached hydrogens (primary N) is 1. The third-order valence-electron chi connectivity index (χ3n) is 4.32. The van der Waals surface area contributed by atoms with Gasteiger partial charge in [-0.3, -0.25) is 4.57 Å². The minimum Gasteiger partial charge on any atom is -0.330 e. The number of hydrogen-bond acceptors (Lipinski definition) is 4. The van der Waals surface area contributed by atoms with E-state index in [0.717, 1.165) is 17.5 Å². The van der Waals surface area contributed by atoms with Gasteiger partial charge in [-0.05, 0) is 30.5 Å². The fourth-order valence-corrected chi connectivity index (χ4v) is 5.04. The normalized spacial score (nSPS) is 13.2. The molecule has 130 valence electrons. The molecule has 0 aliphatic rings. The molecule has 0 aliphatic heterocycles. The van der Waals surface area contributed by atoms with E-state index >= 15 is 0 Å². The molecule has 0 unspecified atom stereocenters. The van der Waals surface area contributed by atoms with Crippen molar-refractivity contribution in [2.75, 3.05) is 20.8 Å². The van der Waals surface area contributed by atoms with E-state index in [1.54, 1.807) is 0 Å². The fourth-order valence-electron chi connectivity index (χ4n) is 3.14. The molecule has 2 aromatic carbocycles. The predicted octanol–water partition coefficient (Wildman–Crippen LogP) is 4.41. The van der Waals surface area contributed by atoms with E-state index in [0.29, 0.717) is 13.0 Å². The Balaban J connectivity index is 2.54. The van der Waals surface area contributed by atoms with Gasteiger partial charge in [0.2, 0.25) is 0 Å². The Kier molecular flexibility index (Phi) is 7.19. The van der Waals surface area contributed by atoms with E-state index < -0.39 is 7.60 Å². The zero-order valence-corrected chi connectivity index (χ0v) is 15.2. The summed E-state index contributed by atoms with van der Waals surface area (Å²) in [6, 6.07) is 20.2. The predicted molar refractivity (Wildman–Crippen MR) is 98.4 cm³/mol. The van der Waals surface area contributed by atoms with Gasteiger partial charge in [-0.25, -0.2) is 0 Å². The Morgan fingerprint density at radius 2 is 1.38 bits per heavy atom. The summed E-state index contributed by atoms with van der Waals surface area (Å²) in [6.07, 6.45) is 1.43. The van der Waals surface area contributed by atoms with E-state index in [-0.39, 0.29) is 11.6 Å². The lowest BCUT2D eigenvalue weighted by molar-refractivity contribution is 0.259. The van der Waals surface area contributed by atoms with Crippen molar-refractivity contribution in [2.24, 2.45) is 5.73 Å². The van der Waals surface area contributed by atoms with Gasteiger partial charge in [0.05, 0.1) is 5.66 Å². The van der Waals surface area contributed by atoms with Crippen LogP contribution in [0.2, 0.25) is 0 Å². The third kappa shape index (κ3) is 4.34. The molecular formula is C19H26NO3P. The van der Waals surface area contributed by atoms with Gasteiger partial charge in [-0.15, -0.1) is 0 Å². The second kappa shape index (κ2) is 9.14. The molecule has 5 heteroatoms. The molecule has 0 bridgehead atoms. The molecule has 0 aromatic heterocycles. The van der Waals surface area contributed by atoms with Crippen LogP contribution in [0, 0.1) is 0 Å². The zero-order valence-electron chi connectivity index (χ0n) is 14.3. The van der Waals surface area contributed by atoms with Crippen molar-refractivity contribution in [3.05, 3.63) is 71.8 Å². The summed E-state index contributed by atoms with van der Waals surface area (Å²) in [6.45, 7) is 0.542. The Morgan fingerprint density at radius 3 is 1.75 bits per heavy atom. The van der Waals surface area contributed by atoms with E-state index in [9.17, 15) is 4.57 Å². The lowest BCUT2D eigenvalue weighted by Crippen LogP contribution is -2.23. The molecule has 0 aliphatic carbocycles. The SMILES string of the molecule is COP(=O)(OC)[C@H](CCCN)C(c1ccccc1)c1ccccc1. The molecule has 4 nitrogen and oxygen atoms in total. The van der Waals surface area contributed by atoms with Crippen molar-refractivity contribution in [1.29, 1.82) is 0 Å². The summed E-state index contributed by atoms with van der Waals surface area (Å²) in [5.74, 6) is -0.0790. The first kappa shape index (κ1) is 18.9. The molecule has 1 atom stereocenters. The highest BCUT2D eigenvalue weighted by atomic mass is 31.2. The van der Waals surface area contributed by atoms with Crippen LogP contribution in [0.3, 0.4) is 0 Å². The lowest BCUT2D eigenvalue weighted by Gasteiger charge is -2.32. The molecule has 0 saturated heterocycles. The van der Waals surface area contributed by atoms with Crippen LogP contribution < -0.4 is 5.73 Å². The van der Waals surface area contributed by atoms with E-state index in [2.05, 4.69) is 24.3 Å². The highest BCUT2D eigenvalue weighted by Gasteiger charge is 2.40. The van der Waals surface area contributed by atoms with Crippen LogP contribution >= 0.6 is 7.60 Å². The minimum absolute atomic E-state index is 0.0790. The summed E-state index contributed by atoms with van der Waals surface area (Å²) in [5, 5.41) is 0. The summed E-state index contributed by atoms with van der Waals surface area (Å²) in [7, 11) is -0.361. The molecule has 2 N–H and O–H groups in total. The molecule has 0 radical (unpaired) electrons. The van der Waals surface area contributed by atoms with Crippen molar-refractivity contribution < 1.29 is 13.6 Å². The van der Waals surface area contributed by atoms with Crippen molar-refractivity contribution in [2.45, 2.75) is 24.4 Å². The minimum atomic E-state index is -3.26. The number of hydrogen-bond donors (Lipinski definition) is 1. The second-order valence-electron chi connectivity index (χ2n) is 5.70. The zero-order chi connectivity index (χ0) is 17.4. The highest BCUT2D eigenvalue weighted by molar-refractivity contribution is 7.54. The smallest absolute Gasteiger partial charge is 0.330 e. The first-order chi connectivity index (χ1) is 11.7. The van der Waals surface area contributed by atoms with Crippen LogP contribution in [0.1, 0.15) is 29.9 Å². The fraction of sp³-hybridized carbons (Fsp3) is 0.368. The average molecular weight is 347 g/mol. The van der Waals surface area contributed by atoms with Gasteiger partial charge >= 0.3 is 7.60 Å². The van der Waals surface area contributed by atoms with Gasteiger partial charge in [-0.1, -0.05) is 60.7 Å². The maximum Gasteiger partial charge on any atom is 0.334 e. The van der Waals surface area contributed by atoms with E-state index in [1.165, 1.54) is 14.2 Å². The first-order valence-corrected chi connectivity index (χ1v) is 9.78. The quantitative estimate of drug-likeness (QED) is 0.683. The monoisotopic (exact) mass is 347 g/mol. The average Bonchev–Trinajstić information content (AvgIpc) is 2.66. The number of rotatable bonds is 9. The van der Waals surface area contributed by atoms with Gasteiger partial charge in [0.1, 0.15) is 0 Å². The summed E-state index contributed by atoms with van der Waals surface area (Å²) in [4.78, 5) is 0. The van der Waals surface area contributed by atoms with Crippen LogP contribution in [0.15, 0.2) is 60.7 Å². The maximum atomic E-state index is 13.3. The molecule has 24 heavy (non-hydrogen) atoms. The molecular weight excluding hydrogens is 321 g/mol. The van der Waals surface area contributed by atoms with Gasteiger partial charge in [0.25, 0.3) is 0 Å². The summed E-state index contributed by atoms with van der Waals surface area (Å²) in [5.41, 5.74) is 7.61. The lowest BCUT2D eigenvalue weighted by atomic mass is 9.86. The molecule has 0 amide bonds. The molecule has 2 aromatic rings. The standard InChI is InChI=1S/C19H26NO3P/c1-22-24(21,23-2)18(14-9-15-20)19(16-10-5-3-6-11-16)17-12-7-4-8-13-17/h3-8,10-13,18-19H,9,14-15,20H2,1-2H3/t18-/m1/s1. The van der Waals surface area contributed by atoms with Crippen LogP contribution in [0.25, 0.3) is 0 Å². The van der Waals surface area contributed by atoms with Crippen LogP contribution in [-0.2, 0) is 13.6 Å². The Bertz CT molecular complexity index is 601. The van der Waals surface area contributed by atoms with Crippen LogP contribution in [-0.4, -0.2) is 26.4 Å². The largest absolute Gasteiger partial charge is 0.334 e. The first-order valence-electron chi connectivity index (χ1n) is 8.17. The maximum absolute atomic E-state index is 13.3. The van der Waals surface area contributed by atoms with Gasteiger partial charge in [0, 0.05) is 20.1 Å². The Labute approximate surface area is 144 Å².